The minimum atomic E-state index is 0.729. The van der Waals surface area contributed by atoms with Crippen molar-refractivity contribution in [3.63, 3.8) is 0 Å². The van der Waals surface area contributed by atoms with Crippen LogP contribution < -0.4 is 18.8 Å². The Hall–Kier alpha value is -3.54. The molecular formula is C23H24N3O3+. The van der Waals surface area contributed by atoms with Crippen molar-refractivity contribution < 1.29 is 18.8 Å². The number of fused-ring (bicyclic) bond motifs is 1. The summed E-state index contributed by atoms with van der Waals surface area (Å²) < 4.78 is 20.3. The van der Waals surface area contributed by atoms with Crippen LogP contribution in [0.4, 0.5) is 0 Å². The van der Waals surface area contributed by atoms with Crippen LogP contribution in [-0.2, 0) is 13.0 Å². The molecule has 0 aliphatic heterocycles. The van der Waals surface area contributed by atoms with E-state index in [-0.39, 0.29) is 0 Å². The maximum Gasteiger partial charge on any atom is 0.403 e. The predicted molar refractivity (Wildman–Crippen MR) is 110 cm³/mol. The van der Waals surface area contributed by atoms with Gasteiger partial charge in [0.15, 0.2) is 11.5 Å². The van der Waals surface area contributed by atoms with Gasteiger partial charge < -0.3 is 14.2 Å². The summed E-state index contributed by atoms with van der Waals surface area (Å²) in [7, 11) is 4.97. The molecule has 6 nitrogen and oxygen atoms in total. The first kappa shape index (κ1) is 18.8. The highest BCUT2D eigenvalue weighted by atomic mass is 16.5. The second-order valence-electron chi connectivity index (χ2n) is 6.75. The van der Waals surface area contributed by atoms with Gasteiger partial charge in [0.05, 0.1) is 34.1 Å². The molecule has 0 fully saturated rings. The van der Waals surface area contributed by atoms with Crippen LogP contribution in [0.25, 0.3) is 5.78 Å². The number of rotatable bonds is 7. The van der Waals surface area contributed by atoms with Gasteiger partial charge >= 0.3 is 5.78 Å². The van der Waals surface area contributed by atoms with E-state index in [1.165, 1.54) is 5.56 Å². The number of aromatic nitrogens is 3. The molecule has 29 heavy (non-hydrogen) atoms. The molecule has 0 unspecified atom stereocenters. The van der Waals surface area contributed by atoms with E-state index in [1.54, 1.807) is 21.3 Å². The largest absolute Gasteiger partial charge is 0.497 e. The molecule has 2 heterocycles. The predicted octanol–water partition coefficient (Wildman–Crippen LogP) is 3.29. The van der Waals surface area contributed by atoms with Crippen molar-refractivity contribution in [2.24, 2.45) is 0 Å². The fourth-order valence-corrected chi connectivity index (χ4v) is 3.47. The van der Waals surface area contributed by atoms with Crippen molar-refractivity contribution in [2.75, 3.05) is 21.3 Å². The molecule has 6 heteroatoms. The first-order chi connectivity index (χ1) is 14.2. The molecule has 0 N–H and O–H groups in total. The van der Waals surface area contributed by atoms with Gasteiger partial charge in [-0.3, -0.25) is 0 Å². The summed E-state index contributed by atoms with van der Waals surface area (Å²) >= 11 is 0. The average molecular weight is 390 g/mol. The molecule has 0 atom stereocenters. The molecule has 2 aromatic carbocycles. The number of benzene rings is 2. The molecular weight excluding hydrogens is 366 g/mol. The lowest BCUT2D eigenvalue weighted by Gasteiger charge is -2.08. The second kappa shape index (κ2) is 8.22. The quantitative estimate of drug-likeness (QED) is 0.455. The lowest BCUT2D eigenvalue weighted by molar-refractivity contribution is -0.664. The van der Waals surface area contributed by atoms with Crippen LogP contribution in [0.2, 0.25) is 0 Å². The molecule has 0 bridgehead atoms. The van der Waals surface area contributed by atoms with E-state index < -0.39 is 0 Å². The van der Waals surface area contributed by atoms with Gasteiger partial charge in [-0.05, 0) is 35.4 Å². The Kier molecular flexibility index (Phi) is 5.33. The number of imidazole rings is 1. The highest BCUT2D eigenvalue weighted by molar-refractivity contribution is 5.44. The van der Waals surface area contributed by atoms with Gasteiger partial charge in [-0.1, -0.05) is 23.2 Å². The molecule has 0 radical (unpaired) electrons. The third-order valence-corrected chi connectivity index (χ3v) is 4.94. The normalized spacial score (nSPS) is 10.9. The Morgan fingerprint density at radius 2 is 1.66 bits per heavy atom. The average Bonchev–Trinajstić information content (AvgIpc) is 3.11. The highest BCUT2D eigenvalue weighted by Gasteiger charge is 2.18. The Balaban J connectivity index is 1.67. The van der Waals surface area contributed by atoms with Gasteiger partial charge in [-0.2, -0.15) is 0 Å². The van der Waals surface area contributed by atoms with Gasteiger partial charge in [0.25, 0.3) is 0 Å². The zero-order valence-electron chi connectivity index (χ0n) is 16.8. The Morgan fingerprint density at radius 1 is 0.897 bits per heavy atom. The first-order valence-corrected chi connectivity index (χ1v) is 9.40. The van der Waals surface area contributed by atoms with E-state index in [1.807, 2.05) is 42.7 Å². The first-order valence-electron chi connectivity index (χ1n) is 9.40. The fraction of sp³-hybridized carbons (Fsp3) is 0.217. The SMILES string of the molecule is COc1ccc(C[n+]2cc(Cc3ccc(OC)c(OC)c3)n3cccnc32)cc1. The van der Waals surface area contributed by atoms with Crippen molar-refractivity contribution in [1.29, 1.82) is 0 Å². The van der Waals surface area contributed by atoms with Crippen LogP contribution in [0.5, 0.6) is 17.2 Å². The monoisotopic (exact) mass is 390 g/mol. The summed E-state index contributed by atoms with van der Waals surface area (Å²) in [4.78, 5) is 4.59. The fourth-order valence-electron chi connectivity index (χ4n) is 3.47. The second-order valence-corrected chi connectivity index (χ2v) is 6.75. The van der Waals surface area contributed by atoms with Crippen molar-refractivity contribution in [2.45, 2.75) is 13.0 Å². The van der Waals surface area contributed by atoms with Crippen molar-refractivity contribution in [1.82, 2.24) is 9.38 Å². The molecule has 0 saturated heterocycles. The van der Waals surface area contributed by atoms with E-state index in [4.69, 9.17) is 14.2 Å². The minimum absolute atomic E-state index is 0.729. The number of hydrogen-bond donors (Lipinski definition) is 0. The van der Waals surface area contributed by atoms with E-state index in [0.29, 0.717) is 0 Å². The van der Waals surface area contributed by atoms with E-state index in [9.17, 15) is 0 Å². The van der Waals surface area contributed by atoms with E-state index >= 15 is 0 Å². The zero-order chi connectivity index (χ0) is 20.2. The van der Waals surface area contributed by atoms with Crippen molar-refractivity contribution in [3.05, 3.63) is 83.9 Å². The number of ether oxygens (including phenoxy) is 3. The van der Waals surface area contributed by atoms with Gasteiger partial charge in [-0.15, -0.1) is 0 Å². The van der Waals surface area contributed by atoms with Gasteiger partial charge in [0.2, 0.25) is 0 Å². The molecule has 2 aromatic heterocycles. The van der Waals surface area contributed by atoms with E-state index in [0.717, 1.165) is 47.2 Å². The van der Waals surface area contributed by atoms with Gasteiger partial charge in [0, 0.05) is 12.5 Å². The maximum atomic E-state index is 5.45. The maximum absolute atomic E-state index is 5.45. The summed E-state index contributed by atoms with van der Waals surface area (Å²) in [5.74, 6) is 3.22. The molecule has 0 amide bonds. The standard InChI is InChI=1S/C23H24N3O3/c1-27-20-8-5-17(6-9-20)15-25-16-19(26-12-4-11-24-23(25)26)13-18-7-10-21(28-2)22(14-18)29-3/h4-12,14,16H,13,15H2,1-3H3/q+1. The smallest absolute Gasteiger partial charge is 0.403 e. The van der Waals surface area contributed by atoms with E-state index in [2.05, 4.69) is 38.3 Å². The molecule has 4 rings (SSSR count). The van der Waals surface area contributed by atoms with Crippen molar-refractivity contribution >= 4 is 5.78 Å². The van der Waals surface area contributed by atoms with Crippen LogP contribution in [0.15, 0.2) is 67.1 Å². The van der Waals surface area contributed by atoms with Gasteiger partial charge in [-0.25, -0.2) is 8.97 Å². The lowest BCUT2D eigenvalue weighted by atomic mass is 10.1. The molecule has 0 aliphatic carbocycles. The number of hydrogen-bond acceptors (Lipinski definition) is 4. The van der Waals surface area contributed by atoms with Crippen LogP contribution in [-0.4, -0.2) is 30.7 Å². The Bertz CT molecular complexity index is 1120. The molecule has 4 aromatic rings. The Morgan fingerprint density at radius 3 is 2.38 bits per heavy atom. The van der Waals surface area contributed by atoms with Gasteiger partial charge in [0.1, 0.15) is 23.8 Å². The summed E-state index contributed by atoms with van der Waals surface area (Å²) in [6.45, 7) is 0.733. The molecule has 0 saturated carbocycles. The number of nitrogens with zero attached hydrogens (tertiary/aromatic N) is 3. The highest BCUT2D eigenvalue weighted by Crippen LogP contribution is 2.28. The summed E-state index contributed by atoms with van der Waals surface area (Å²) in [5, 5.41) is 0. The van der Waals surface area contributed by atoms with Crippen molar-refractivity contribution in [3.8, 4) is 17.2 Å². The third-order valence-electron chi connectivity index (χ3n) is 4.94. The molecule has 148 valence electrons. The minimum Gasteiger partial charge on any atom is -0.497 e. The topological polar surface area (TPSA) is 48.9 Å². The molecule has 0 aliphatic rings. The third kappa shape index (κ3) is 3.87. The Labute approximate surface area is 169 Å². The zero-order valence-corrected chi connectivity index (χ0v) is 16.8. The summed E-state index contributed by atoms with van der Waals surface area (Å²) in [5.41, 5.74) is 3.47. The van der Waals surface area contributed by atoms with Crippen LogP contribution >= 0.6 is 0 Å². The molecule has 0 spiro atoms. The summed E-state index contributed by atoms with van der Waals surface area (Å²) in [6, 6.07) is 16.1. The summed E-state index contributed by atoms with van der Waals surface area (Å²) in [6.07, 6.45) is 6.77. The van der Waals surface area contributed by atoms with Crippen LogP contribution in [0.3, 0.4) is 0 Å². The lowest BCUT2D eigenvalue weighted by Crippen LogP contribution is -2.33. The number of methoxy groups -OCH3 is 3. The van der Waals surface area contributed by atoms with Crippen LogP contribution in [0, 0.1) is 0 Å². The van der Waals surface area contributed by atoms with Crippen LogP contribution in [0.1, 0.15) is 16.8 Å².